The molecule has 4 aromatic rings. The van der Waals surface area contributed by atoms with Crippen molar-refractivity contribution in [3.8, 4) is 5.75 Å². The van der Waals surface area contributed by atoms with Crippen molar-refractivity contribution >= 4 is 34.1 Å². The number of aromatic amines is 2. The van der Waals surface area contributed by atoms with Crippen LogP contribution in [0.2, 0.25) is 0 Å². The van der Waals surface area contributed by atoms with Gasteiger partial charge in [-0.25, -0.2) is 4.79 Å². The predicted octanol–water partition coefficient (Wildman–Crippen LogP) is 3.87. The second-order valence-corrected chi connectivity index (χ2v) is 8.94. The topological polar surface area (TPSA) is 105 Å². The quantitative estimate of drug-likeness (QED) is 0.316. The number of likely N-dealkylation sites (N-methyl/N-ethyl adjacent to an activating group) is 1. The number of aromatic nitrogens is 2. The van der Waals surface area contributed by atoms with Crippen molar-refractivity contribution in [2.24, 2.45) is 0 Å². The number of amides is 1. The molecule has 0 bridgehead atoms. The van der Waals surface area contributed by atoms with Gasteiger partial charge < -0.3 is 29.8 Å². The first-order valence-electron chi connectivity index (χ1n) is 12.1. The molecule has 1 aliphatic rings. The van der Waals surface area contributed by atoms with Gasteiger partial charge in [-0.3, -0.25) is 10.1 Å². The number of nitrogens with one attached hydrogen (secondary N) is 4. The zero-order chi connectivity index (χ0) is 24.9. The van der Waals surface area contributed by atoms with Gasteiger partial charge >= 0.3 is 6.09 Å². The van der Waals surface area contributed by atoms with E-state index in [0.717, 1.165) is 43.8 Å². The summed E-state index contributed by atoms with van der Waals surface area (Å²) in [6.07, 6.45) is 3.54. The Labute approximate surface area is 209 Å². The van der Waals surface area contributed by atoms with Crippen LogP contribution in [0.25, 0.3) is 10.9 Å². The van der Waals surface area contributed by atoms with Crippen LogP contribution in [-0.4, -0.2) is 60.7 Å². The summed E-state index contributed by atoms with van der Waals surface area (Å²) in [6, 6.07) is 17.5. The van der Waals surface area contributed by atoms with Gasteiger partial charge in [-0.15, -0.1) is 0 Å². The number of hydrogen-bond acceptors (Lipinski definition) is 6. The number of rotatable bonds is 7. The highest BCUT2D eigenvalue weighted by molar-refractivity contribution is 5.88. The summed E-state index contributed by atoms with van der Waals surface area (Å²) in [5.41, 5.74) is 3.88. The van der Waals surface area contributed by atoms with E-state index in [0.29, 0.717) is 17.9 Å². The number of pyridine rings is 1. The molecule has 1 saturated heterocycles. The van der Waals surface area contributed by atoms with Gasteiger partial charge in [0.15, 0.2) is 0 Å². The van der Waals surface area contributed by atoms with Crippen LogP contribution in [0.15, 0.2) is 71.8 Å². The summed E-state index contributed by atoms with van der Waals surface area (Å²) in [5, 5.41) is 7.15. The first-order chi connectivity index (χ1) is 17.6. The van der Waals surface area contributed by atoms with E-state index in [1.807, 2.05) is 42.6 Å². The molecule has 0 aliphatic carbocycles. The van der Waals surface area contributed by atoms with Gasteiger partial charge in [0.05, 0.1) is 5.69 Å². The molecule has 0 radical (unpaired) electrons. The van der Waals surface area contributed by atoms with Crippen LogP contribution in [0.3, 0.4) is 0 Å². The lowest BCUT2D eigenvalue weighted by molar-refractivity contribution is 0.214. The molecule has 186 valence electrons. The molecule has 0 saturated carbocycles. The van der Waals surface area contributed by atoms with Crippen molar-refractivity contribution in [3.63, 3.8) is 0 Å². The maximum Gasteiger partial charge on any atom is 0.417 e. The molecule has 2 aromatic heterocycles. The van der Waals surface area contributed by atoms with Crippen LogP contribution in [0.1, 0.15) is 5.56 Å². The number of anilines is 3. The Balaban J connectivity index is 1.22. The van der Waals surface area contributed by atoms with E-state index in [-0.39, 0.29) is 5.75 Å². The van der Waals surface area contributed by atoms with Gasteiger partial charge in [-0.05, 0) is 49.4 Å². The first kappa shape index (κ1) is 23.5. The standard InChI is InChI=1S/C27H30N6O3/c1-32-13-15-33(16-14-32)21-6-4-5-20(17-21)31-27(35)36-25-24(10-12-29-26(25)34)28-11-9-19-18-30-23-8-3-2-7-22(19)23/h2-8,10,12,17-18,30H,9,11,13-16H2,1H3,(H,31,35)(H2,28,29,34). The molecular weight excluding hydrogens is 456 g/mol. The number of benzene rings is 2. The number of hydrogen-bond donors (Lipinski definition) is 4. The zero-order valence-corrected chi connectivity index (χ0v) is 20.2. The van der Waals surface area contributed by atoms with E-state index < -0.39 is 11.7 Å². The van der Waals surface area contributed by atoms with Crippen molar-refractivity contribution in [3.05, 3.63) is 82.9 Å². The highest BCUT2D eigenvalue weighted by Gasteiger charge is 2.17. The zero-order valence-electron chi connectivity index (χ0n) is 20.2. The third-order valence-corrected chi connectivity index (χ3v) is 6.46. The monoisotopic (exact) mass is 486 g/mol. The Kier molecular flexibility index (Phi) is 6.90. The second kappa shape index (κ2) is 10.6. The van der Waals surface area contributed by atoms with Gasteiger partial charge in [-0.1, -0.05) is 24.3 Å². The summed E-state index contributed by atoms with van der Waals surface area (Å²) in [4.78, 5) is 35.6. The molecule has 1 aliphatic heterocycles. The minimum atomic E-state index is -0.720. The van der Waals surface area contributed by atoms with Gasteiger partial charge in [0, 0.05) is 67.4 Å². The summed E-state index contributed by atoms with van der Waals surface area (Å²) in [7, 11) is 2.11. The van der Waals surface area contributed by atoms with E-state index in [4.69, 9.17) is 4.74 Å². The summed E-state index contributed by atoms with van der Waals surface area (Å²) in [5.74, 6) is -0.0656. The minimum absolute atomic E-state index is 0.0656. The number of ether oxygens (including phenoxy) is 1. The van der Waals surface area contributed by atoms with Crippen molar-refractivity contribution in [1.82, 2.24) is 14.9 Å². The lowest BCUT2D eigenvalue weighted by Gasteiger charge is -2.34. The summed E-state index contributed by atoms with van der Waals surface area (Å²) in [6.45, 7) is 4.41. The third kappa shape index (κ3) is 5.36. The maximum absolute atomic E-state index is 12.7. The molecule has 2 aromatic carbocycles. The molecule has 36 heavy (non-hydrogen) atoms. The number of para-hydroxylation sites is 1. The Morgan fingerprint density at radius 3 is 2.72 bits per heavy atom. The van der Waals surface area contributed by atoms with Crippen molar-refractivity contribution in [2.45, 2.75) is 6.42 Å². The van der Waals surface area contributed by atoms with E-state index in [1.54, 1.807) is 12.1 Å². The van der Waals surface area contributed by atoms with Crippen LogP contribution in [0, 0.1) is 0 Å². The lowest BCUT2D eigenvalue weighted by Crippen LogP contribution is -2.44. The fraction of sp³-hybridized carbons (Fsp3) is 0.259. The van der Waals surface area contributed by atoms with Crippen LogP contribution < -0.4 is 25.8 Å². The predicted molar refractivity (Wildman–Crippen MR) is 143 cm³/mol. The molecule has 4 N–H and O–H groups in total. The maximum atomic E-state index is 12.7. The number of fused-ring (bicyclic) bond motifs is 1. The molecule has 0 unspecified atom stereocenters. The summed E-state index contributed by atoms with van der Waals surface area (Å²) < 4.78 is 5.45. The Hall–Kier alpha value is -4.24. The highest BCUT2D eigenvalue weighted by Crippen LogP contribution is 2.23. The fourth-order valence-electron chi connectivity index (χ4n) is 4.46. The number of carbonyl (C=O) groups excluding carboxylic acids is 1. The average Bonchev–Trinajstić information content (AvgIpc) is 3.30. The lowest BCUT2D eigenvalue weighted by atomic mass is 10.1. The molecule has 9 nitrogen and oxygen atoms in total. The molecule has 0 atom stereocenters. The van der Waals surface area contributed by atoms with Crippen molar-refractivity contribution in [1.29, 1.82) is 0 Å². The van der Waals surface area contributed by atoms with Crippen LogP contribution >= 0.6 is 0 Å². The molecule has 9 heteroatoms. The van der Waals surface area contributed by atoms with Gasteiger partial charge in [0.25, 0.3) is 5.56 Å². The number of carbonyl (C=O) groups is 1. The van der Waals surface area contributed by atoms with Gasteiger partial charge in [0.1, 0.15) is 0 Å². The molecule has 5 rings (SSSR count). The van der Waals surface area contributed by atoms with Gasteiger partial charge in [0.2, 0.25) is 5.75 Å². The van der Waals surface area contributed by atoms with Crippen molar-refractivity contribution in [2.75, 3.05) is 55.3 Å². The van der Waals surface area contributed by atoms with E-state index >= 15 is 0 Å². The molecular formula is C27H30N6O3. The number of nitrogens with zero attached hydrogens (tertiary/aromatic N) is 2. The van der Waals surface area contributed by atoms with Crippen LogP contribution in [0.4, 0.5) is 21.9 Å². The largest absolute Gasteiger partial charge is 0.417 e. The highest BCUT2D eigenvalue weighted by atomic mass is 16.6. The molecule has 1 amide bonds. The summed E-state index contributed by atoms with van der Waals surface area (Å²) >= 11 is 0. The van der Waals surface area contributed by atoms with Crippen LogP contribution in [-0.2, 0) is 6.42 Å². The number of H-pyrrole nitrogens is 2. The Morgan fingerprint density at radius 1 is 1.03 bits per heavy atom. The smallest absolute Gasteiger partial charge is 0.402 e. The van der Waals surface area contributed by atoms with E-state index in [9.17, 15) is 9.59 Å². The van der Waals surface area contributed by atoms with Gasteiger partial charge in [-0.2, -0.15) is 0 Å². The van der Waals surface area contributed by atoms with Crippen LogP contribution in [0.5, 0.6) is 5.75 Å². The fourth-order valence-corrected chi connectivity index (χ4v) is 4.46. The second-order valence-electron chi connectivity index (χ2n) is 8.94. The van der Waals surface area contributed by atoms with E-state index in [1.165, 1.54) is 17.1 Å². The molecule has 3 heterocycles. The molecule has 1 fully saturated rings. The minimum Gasteiger partial charge on any atom is -0.402 e. The normalized spacial score (nSPS) is 14.1. The SMILES string of the molecule is CN1CCN(c2cccc(NC(=O)Oc3c(NCCc4c[nH]c5ccccc45)cc[nH]c3=O)c2)CC1. The Morgan fingerprint density at radius 2 is 1.86 bits per heavy atom. The third-order valence-electron chi connectivity index (χ3n) is 6.46. The first-order valence-corrected chi connectivity index (χ1v) is 12.1. The number of piperazine rings is 1. The molecule has 0 spiro atoms. The van der Waals surface area contributed by atoms with E-state index in [2.05, 4.69) is 43.5 Å². The van der Waals surface area contributed by atoms with Crippen molar-refractivity contribution < 1.29 is 9.53 Å². The Bertz CT molecular complexity index is 1400. The average molecular weight is 487 g/mol.